The second-order valence-electron chi connectivity index (χ2n) is 8.39. The van der Waals surface area contributed by atoms with Crippen molar-refractivity contribution in [2.75, 3.05) is 0 Å². The number of carboxylic acid groups (broad SMARTS) is 1. The largest absolute Gasteiger partial charge is 0.481 e. The summed E-state index contributed by atoms with van der Waals surface area (Å²) in [7, 11) is 0. The molecule has 0 amide bonds. The monoisotopic (exact) mass is 366 g/mol. The summed E-state index contributed by atoms with van der Waals surface area (Å²) >= 11 is 0. The molecule has 4 heteroatoms. The van der Waals surface area contributed by atoms with Gasteiger partial charge in [0.1, 0.15) is 0 Å². The summed E-state index contributed by atoms with van der Waals surface area (Å²) in [5.41, 5.74) is -0.122. The summed E-state index contributed by atoms with van der Waals surface area (Å²) in [4.78, 5) is 10.5. The van der Waals surface area contributed by atoms with Gasteiger partial charge in [0.05, 0.1) is 12.2 Å². The van der Waals surface area contributed by atoms with Gasteiger partial charge < -0.3 is 15.3 Å². The van der Waals surface area contributed by atoms with Crippen LogP contribution in [-0.2, 0) is 4.79 Å². The van der Waals surface area contributed by atoms with Gasteiger partial charge in [0.25, 0.3) is 0 Å². The molecule has 0 radical (unpaired) electrons. The Morgan fingerprint density at radius 3 is 2.62 bits per heavy atom. The van der Waals surface area contributed by atoms with Crippen molar-refractivity contribution in [3.05, 3.63) is 24.3 Å². The lowest BCUT2D eigenvalue weighted by atomic mass is 9.80. The molecule has 150 valence electrons. The summed E-state index contributed by atoms with van der Waals surface area (Å²) < 4.78 is 0. The van der Waals surface area contributed by atoms with Gasteiger partial charge in [0.2, 0.25) is 0 Å². The van der Waals surface area contributed by atoms with Crippen molar-refractivity contribution in [2.45, 2.75) is 90.8 Å². The van der Waals surface area contributed by atoms with Crippen LogP contribution in [0.25, 0.3) is 0 Å². The molecule has 4 nitrogen and oxygen atoms in total. The molecule has 0 aliphatic heterocycles. The highest BCUT2D eigenvalue weighted by atomic mass is 16.4. The van der Waals surface area contributed by atoms with Gasteiger partial charge in [0.15, 0.2) is 0 Å². The highest BCUT2D eigenvalue weighted by Crippen LogP contribution is 2.37. The predicted molar refractivity (Wildman–Crippen MR) is 106 cm³/mol. The van der Waals surface area contributed by atoms with E-state index in [2.05, 4.69) is 32.9 Å². The normalized spacial score (nSPS) is 25.3. The Kier molecular flexibility index (Phi) is 10.2. The Morgan fingerprint density at radius 2 is 1.96 bits per heavy atom. The molecule has 0 spiro atoms. The van der Waals surface area contributed by atoms with Crippen LogP contribution in [0.2, 0.25) is 0 Å². The van der Waals surface area contributed by atoms with Gasteiger partial charge in [-0.1, -0.05) is 57.9 Å². The Balaban J connectivity index is 2.51. The van der Waals surface area contributed by atoms with Crippen LogP contribution in [0.5, 0.6) is 0 Å². The first-order valence-electron chi connectivity index (χ1n) is 10.2. The van der Waals surface area contributed by atoms with Gasteiger partial charge in [-0.3, -0.25) is 4.79 Å². The predicted octanol–water partition coefficient (Wildman–Crippen LogP) is 4.71. The van der Waals surface area contributed by atoms with Gasteiger partial charge >= 0.3 is 5.97 Å². The van der Waals surface area contributed by atoms with Crippen LogP contribution in [0, 0.1) is 17.3 Å². The van der Waals surface area contributed by atoms with E-state index in [1.807, 2.05) is 12.2 Å². The van der Waals surface area contributed by atoms with E-state index >= 15 is 0 Å². The molecule has 1 saturated carbocycles. The van der Waals surface area contributed by atoms with Crippen LogP contribution >= 0.6 is 0 Å². The number of rotatable bonds is 12. The molecule has 1 rings (SSSR count). The molecule has 0 aromatic rings. The standard InChI is InChI=1S/C22H38O4/c1-4-5-16-22(2,3)20(24)15-13-17-12-14-19(23)18(17)10-8-6-7-9-11-21(25)26/h6,8,13,15,17-20,23-24H,4-5,7,9-12,14,16H2,1-3H3,(H,25,26)/b8-6-,15-13+/t17?,18?,19-,20?/m1/s1. The van der Waals surface area contributed by atoms with Crippen molar-refractivity contribution in [1.82, 2.24) is 0 Å². The number of hydrogen-bond acceptors (Lipinski definition) is 3. The molecule has 0 heterocycles. The SMILES string of the molecule is CCCCC(C)(C)C(O)/C=C/C1CC[C@@H](O)C1C/C=C\CCCC(=O)O. The average Bonchev–Trinajstić information content (AvgIpc) is 2.93. The van der Waals surface area contributed by atoms with E-state index in [9.17, 15) is 15.0 Å². The van der Waals surface area contributed by atoms with E-state index in [1.54, 1.807) is 0 Å². The summed E-state index contributed by atoms with van der Waals surface area (Å²) in [5, 5.41) is 29.4. The average molecular weight is 367 g/mol. The molecule has 3 unspecified atom stereocenters. The van der Waals surface area contributed by atoms with Gasteiger partial charge in [-0.05, 0) is 55.8 Å². The van der Waals surface area contributed by atoms with E-state index in [1.165, 1.54) is 0 Å². The highest BCUT2D eigenvalue weighted by molar-refractivity contribution is 5.66. The number of allylic oxidation sites excluding steroid dienone is 3. The van der Waals surface area contributed by atoms with E-state index in [4.69, 9.17) is 5.11 Å². The fourth-order valence-electron chi connectivity index (χ4n) is 3.68. The van der Waals surface area contributed by atoms with Crippen molar-refractivity contribution in [1.29, 1.82) is 0 Å². The lowest BCUT2D eigenvalue weighted by molar-refractivity contribution is -0.137. The second kappa shape index (κ2) is 11.6. The van der Waals surface area contributed by atoms with E-state index < -0.39 is 12.1 Å². The zero-order chi connectivity index (χ0) is 19.6. The van der Waals surface area contributed by atoms with Crippen molar-refractivity contribution in [2.24, 2.45) is 17.3 Å². The molecule has 0 aromatic heterocycles. The minimum Gasteiger partial charge on any atom is -0.481 e. The second-order valence-corrected chi connectivity index (χ2v) is 8.39. The van der Waals surface area contributed by atoms with Crippen LogP contribution in [0.15, 0.2) is 24.3 Å². The molecular formula is C22H38O4. The molecule has 4 atom stereocenters. The zero-order valence-electron chi connectivity index (χ0n) is 16.7. The van der Waals surface area contributed by atoms with Gasteiger partial charge in [-0.25, -0.2) is 0 Å². The third-order valence-electron chi connectivity index (χ3n) is 5.69. The summed E-state index contributed by atoms with van der Waals surface area (Å²) in [6.07, 6.45) is 14.8. The number of unbranched alkanes of at least 4 members (excludes halogenated alkanes) is 2. The molecule has 3 N–H and O–H groups in total. The van der Waals surface area contributed by atoms with E-state index in [0.717, 1.165) is 44.9 Å². The van der Waals surface area contributed by atoms with Crippen molar-refractivity contribution < 1.29 is 20.1 Å². The summed E-state index contributed by atoms with van der Waals surface area (Å²) in [6, 6.07) is 0. The maximum absolute atomic E-state index is 10.5. The first-order chi connectivity index (χ1) is 12.3. The smallest absolute Gasteiger partial charge is 0.303 e. The number of aliphatic carboxylic acids is 1. The third-order valence-corrected chi connectivity index (χ3v) is 5.69. The van der Waals surface area contributed by atoms with E-state index in [0.29, 0.717) is 12.3 Å². The molecule has 1 aliphatic rings. The number of hydrogen-bond donors (Lipinski definition) is 3. The fraction of sp³-hybridized carbons (Fsp3) is 0.773. The van der Waals surface area contributed by atoms with Crippen LogP contribution in [0.3, 0.4) is 0 Å². The maximum Gasteiger partial charge on any atom is 0.303 e. The molecule has 1 aliphatic carbocycles. The summed E-state index contributed by atoms with van der Waals surface area (Å²) in [5.74, 6) is -0.270. The Morgan fingerprint density at radius 1 is 1.23 bits per heavy atom. The number of aliphatic hydroxyl groups is 2. The fourth-order valence-corrected chi connectivity index (χ4v) is 3.68. The number of carbonyl (C=O) groups is 1. The van der Waals surface area contributed by atoms with Crippen LogP contribution in [0.4, 0.5) is 0 Å². The Labute approximate surface area is 159 Å². The van der Waals surface area contributed by atoms with Crippen molar-refractivity contribution >= 4 is 5.97 Å². The summed E-state index contributed by atoms with van der Waals surface area (Å²) in [6.45, 7) is 6.38. The lowest BCUT2D eigenvalue weighted by Gasteiger charge is -2.29. The van der Waals surface area contributed by atoms with Crippen molar-refractivity contribution in [3.63, 3.8) is 0 Å². The maximum atomic E-state index is 10.5. The Bertz CT molecular complexity index is 467. The van der Waals surface area contributed by atoms with Crippen LogP contribution in [-0.4, -0.2) is 33.5 Å². The van der Waals surface area contributed by atoms with Crippen LogP contribution < -0.4 is 0 Å². The van der Waals surface area contributed by atoms with Crippen molar-refractivity contribution in [3.8, 4) is 0 Å². The minimum absolute atomic E-state index is 0.122. The molecule has 0 bridgehead atoms. The zero-order valence-corrected chi connectivity index (χ0v) is 16.7. The quantitative estimate of drug-likeness (QED) is 0.345. The highest BCUT2D eigenvalue weighted by Gasteiger charge is 2.33. The van der Waals surface area contributed by atoms with Gasteiger partial charge in [0, 0.05) is 6.42 Å². The third kappa shape index (κ3) is 8.05. The van der Waals surface area contributed by atoms with E-state index in [-0.39, 0.29) is 23.9 Å². The molecule has 0 aromatic carbocycles. The van der Waals surface area contributed by atoms with Crippen LogP contribution in [0.1, 0.15) is 78.6 Å². The molecule has 1 fully saturated rings. The molecular weight excluding hydrogens is 328 g/mol. The Hall–Kier alpha value is -1.13. The minimum atomic E-state index is -0.754. The number of aliphatic hydroxyl groups excluding tert-OH is 2. The van der Waals surface area contributed by atoms with Gasteiger partial charge in [-0.15, -0.1) is 0 Å². The van der Waals surface area contributed by atoms with Gasteiger partial charge in [-0.2, -0.15) is 0 Å². The molecule has 26 heavy (non-hydrogen) atoms. The lowest BCUT2D eigenvalue weighted by Crippen LogP contribution is -2.27. The first kappa shape index (κ1) is 22.9. The first-order valence-corrected chi connectivity index (χ1v) is 10.2. The topological polar surface area (TPSA) is 77.8 Å². The number of carboxylic acids is 1. The molecule has 0 saturated heterocycles.